The summed E-state index contributed by atoms with van der Waals surface area (Å²) in [6, 6.07) is 3.72. The van der Waals surface area contributed by atoms with Crippen molar-refractivity contribution < 1.29 is 24.0 Å². The number of benzene rings is 1. The molecule has 1 atom stereocenters. The standard InChI is InChI=1S/C14H12FN5O5/c15-14(13(22)23)3-4-18(6-14)12(21)9-1-2-10(11(5-9)20(24)25)19-8-16-7-17-19/h1-2,5,7-8H,3-4,6H2,(H,22,23). The third-order valence-corrected chi connectivity index (χ3v) is 3.97. The number of aliphatic carboxylic acids is 1. The SMILES string of the molecule is O=C(c1ccc(-n2cncn2)c([N+](=O)[O-])c1)N1CCC(F)(C(=O)O)C1. The van der Waals surface area contributed by atoms with Gasteiger partial charge in [-0.2, -0.15) is 5.10 Å². The summed E-state index contributed by atoms with van der Waals surface area (Å²) < 4.78 is 15.3. The van der Waals surface area contributed by atoms with Crippen molar-refractivity contribution in [2.75, 3.05) is 13.1 Å². The Labute approximate surface area is 139 Å². The number of alkyl halides is 1. The fourth-order valence-corrected chi connectivity index (χ4v) is 2.63. The molecule has 0 aliphatic carbocycles. The maximum atomic E-state index is 14.1. The van der Waals surface area contributed by atoms with Crippen LogP contribution in [-0.2, 0) is 4.79 Å². The molecule has 1 aromatic carbocycles. The van der Waals surface area contributed by atoms with Crippen LogP contribution in [0.15, 0.2) is 30.9 Å². The minimum Gasteiger partial charge on any atom is -0.479 e. The van der Waals surface area contributed by atoms with Crippen LogP contribution >= 0.6 is 0 Å². The molecule has 130 valence electrons. The first-order valence-corrected chi connectivity index (χ1v) is 7.17. The van der Waals surface area contributed by atoms with E-state index < -0.39 is 29.0 Å². The smallest absolute Gasteiger partial charge is 0.343 e. The zero-order valence-corrected chi connectivity index (χ0v) is 12.7. The van der Waals surface area contributed by atoms with Crippen molar-refractivity contribution in [3.63, 3.8) is 0 Å². The van der Waals surface area contributed by atoms with Gasteiger partial charge in [0.1, 0.15) is 18.3 Å². The van der Waals surface area contributed by atoms with Crippen LogP contribution in [-0.4, -0.2) is 60.3 Å². The molecule has 10 nitrogen and oxygen atoms in total. The van der Waals surface area contributed by atoms with E-state index in [0.29, 0.717) is 0 Å². The van der Waals surface area contributed by atoms with Crippen molar-refractivity contribution in [3.05, 3.63) is 46.5 Å². The van der Waals surface area contributed by atoms with Gasteiger partial charge in [0.2, 0.25) is 5.67 Å². The quantitative estimate of drug-likeness (QED) is 0.638. The van der Waals surface area contributed by atoms with Crippen molar-refractivity contribution in [2.24, 2.45) is 0 Å². The minimum absolute atomic E-state index is 0.0368. The molecule has 1 aliphatic rings. The zero-order chi connectivity index (χ0) is 18.2. The number of nitrogens with zero attached hydrogens (tertiary/aromatic N) is 5. The lowest BCUT2D eigenvalue weighted by Gasteiger charge is -2.18. The summed E-state index contributed by atoms with van der Waals surface area (Å²) in [5.74, 6) is -2.30. The number of carboxylic acids is 1. The van der Waals surface area contributed by atoms with E-state index in [-0.39, 0.29) is 29.9 Å². The van der Waals surface area contributed by atoms with Crippen LogP contribution in [0.2, 0.25) is 0 Å². The molecule has 3 rings (SSSR count). The number of carboxylic acid groups (broad SMARTS) is 1. The average Bonchev–Trinajstić information content (AvgIpc) is 3.24. The number of amides is 1. The van der Waals surface area contributed by atoms with Crippen molar-refractivity contribution in [1.82, 2.24) is 19.7 Å². The molecule has 2 heterocycles. The van der Waals surface area contributed by atoms with Gasteiger partial charge in [-0.1, -0.05) is 0 Å². The molecule has 1 amide bonds. The van der Waals surface area contributed by atoms with Crippen molar-refractivity contribution in [1.29, 1.82) is 0 Å². The third-order valence-electron chi connectivity index (χ3n) is 3.97. The highest BCUT2D eigenvalue weighted by atomic mass is 19.1. The van der Waals surface area contributed by atoms with Crippen molar-refractivity contribution >= 4 is 17.6 Å². The molecule has 25 heavy (non-hydrogen) atoms. The lowest BCUT2D eigenvalue weighted by atomic mass is 10.1. The highest BCUT2D eigenvalue weighted by Gasteiger charge is 2.47. The van der Waals surface area contributed by atoms with Gasteiger partial charge in [-0.15, -0.1) is 0 Å². The summed E-state index contributed by atoms with van der Waals surface area (Å²) in [6.07, 6.45) is 2.15. The molecule has 1 fully saturated rings. The Kier molecular flexibility index (Phi) is 3.91. The number of nitro benzene ring substituents is 1. The predicted molar refractivity (Wildman–Crippen MR) is 80.0 cm³/mol. The van der Waals surface area contributed by atoms with Gasteiger partial charge in [-0.05, 0) is 12.1 Å². The summed E-state index contributed by atoms with van der Waals surface area (Å²) in [5, 5.41) is 24.0. The van der Waals surface area contributed by atoms with Crippen LogP contribution in [0, 0.1) is 10.1 Å². The van der Waals surface area contributed by atoms with E-state index in [1.165, 1.54) is 29.5 Å². The topological polar surface area (TPSA) is 131 Å². The highest BCUT2D eigenvalue weighted by molar-refractivity contribution is 5.96. The molecule has 1 saturated heterocycles. The number of likely N-dealkylation sites (tertiary alicyclic amines) is 1. The molecule has 0 bridgehead atoms. The summed E-state index contributed by atoms with van der Waals surface area (Å²) in [6.45, 7) is -0.681. The molecule has 1 N–H and O–H groups in total. The second kappa shape index (κ2) is 5.92. The molecule has 0 radical (unpaired) electrons. The van der Waals surface area contributed by atoms with Crippen LogP contribution < -0.4 is 0 Å². The van der Waals surface area contributed by atoms with Crippen molar-refractivity contribution in [2.45, 2.75) is 12.1 Å². The zero-order valence-electron chi connectivity index (χ0n) is 12.7. The molecule has 2 aromatic rings. The number of halogens is 1. The monoisotopic (exact) mass is 349 g/mol. The molecule has 11 heteroatoms. The van der Waals surface area contributed by atoms with Gasteiger partial charge < -0.3 is 10.0 Å². The van der Waals surface area contributed by atoms with Crippen LogP contribution in [0.3, 0.4) is 0 Å². The van der Waals surface area contributed by atoms with E-state index in [0.717, 1.165) is 11.0 Å². The van der Waals surface area contributed by atoms with Gasteiger partial charge in [-0.3, -0.25) is 14.9 Å². The lowest BCUT2D eigenvalue weighted by Crippen LogP contribution is -2.38. The summed E-state index contributed by atoms with van der Waals surface area (Å²) in [4.78, 5) is 38.7. The lowest BCUT2D eigenvalue weighted by molar-refractivity contribution is -0.384. The van der Waals surface area contributed by atoms with Gasteiger partial charge in [0.05, 0.1) is 11.5 Å². The largest absolute Gasteiger partial charge is 0.479 e. The van der Waals surface area contributed by atoms with Crippen LogP contribution in [0.4, 0.5) is 10.1 Å². The number of rotatable bonds is 4. The van der Waals surface area contributed by atoms with E-state index in [1.54, 1.807) is 0 Å². The summed E-state index contributed by atoms with van der Waals surface area (Å²) >= 11 is 0. The van der Waals surface area contributed by atoms with Gasteiger partial charge in [0.15, 0.2) is 0 Å². The maximum absolute atomic E-state index is 14.1. The first-order chi connectivity index (χ1) is 11.8. The molecule has 0 saturated carbocycles. The minimum atomic E-state index is -2.50. The molecule has 1 aliphatic heterocycles. The number of aromatic nitrogens is 3. The van der Waals surface area contributed by atoms with Gasteiger partial charge >= 0.3 is 5.97 Å². The summed E-state index contributed by atoms with van der Waals surface area (Å²) in [7, 11) is 0. The maximum Gasteiger partial charge on any atom is 0.343 e. The molecular weight excluding hydrogens is 337 g/mol. The molecule has 0 spiro atoms. The van der Waals surface area contributed by atoms with Gasteiger partial charge in [-0.25, -0.2) is 18.9 Å². The first kappa shape index (κ1) is 16.5. The van der Waals surface area contributed by atoms with Crippen LogP contribution in [0.25, 0.3) is 5.69 Å². The molecule has 1 aromatic heterocycles. The normalized spacial score (nSPS) is 19.8. The molecule has 1 unspecified atom stereocenters. The Morgan fingerprint density at radius 3 is 2.72 bits per heavy atom. The van der Waals surface area contributed by atoms with Gasteiger partial charge in [0.25, 0.3) is 11.6 Å². The third kappa shape index (κ3) is 2.91. The van der Waals surface area contributed by atoms with E-state index in [4.69, 9.17) is 5.11 Å². The van der Waals surface area contributed by atoms with Crippen molar-refractivity contribution in [3.8, 4) is 5.69 Å². The number of hydrogen-bond donors (Lipinski definition) is 1. The Morgan fingerprint density at radius 2 is 2.16 bits per heavy atom. The predicted octanol–water partition coefficient (Wildman–Crippen LogP) is 0.814. The second-order valence-corrected chi connectivity index (χ2v) is 5.55. The number of hydrogen-bond acceptors (Lipinski definition) is 6. The van der Waals surface area contributed by atoms with E-state index in [9.17, 15) is 24.1 Å². The number of nitro groups is 1. The Bertz CT molecular complexity index is 855. The van der Waals surface area contributed by atoms with Gasteiger partial charge in [0, 0.05) is 24.6 Å². The van der Waals surface area contributed by atoms with E-state index in [2.05, 4.69) is 10.1 Å². The fourth-order valence-electron chi connectivity index (χ4n) is 2.63. The Balaban J connectivity index is 1.91. The number of carbonyl (C=O) groups is 2. The highest BCUT2D eigenvalue weighted by Crippen LogP contribution is 2.29. The van der Waals surface area contributed by atoms with Crippen LogP contribution in [0.1, 0.15) is 16.8 Å². The average molecular weight is 349 g/mol. The van der Waals surface area contributed by atoms with E-state index in [1.807, 2.05) is 0 Å². The Morgan fingerprint density at radius 1 is 1.40 bits per heavy atom. The number of carbonyl (C=O) groups excluding carboxylic acids is 1. The first-order valence-electron chi connectivity index (χ1n) is 7.17. The van der Waals surface area contributed by atoms with E-state index >= 15 is 0 Å². The Hall–Kier alpha value is -3.37. The summed E-state index contributed by atoms with van der Waals surface area (Å²) in [5.41, 5.74) is -2.79. The molecular formula is C14H12FN5O5. The fraction of sp³-hybridized carbons (Fsp3) is 0.286. The second-order valence-electron chi connectivity index (χ2n) is 5.55. The van der Waals surface area contributed by atoms with Crippen LogP contribution in [0.5, 0.6) is 0 Å².